The van der Waals surface area contributed by atoms with Crippen molar-refractivity contribution in [1.29, 1.82) is 0 Å². The molecule has 2 rings (SSSR count). The highest BCUT2D eigenvalue weighted by molar-refractivity contribution is 7.80. The molecule has 0 aliphatic carbocycles. The Balaban J connectivity index is 2.08. The van der Waals surface area contributed by atoms with Gasteiger partial charge in [-0.05, 0) is 67.2 Å². The summed E-state index contributed by atoms with van der Waals surface area (Å²) in [5, 5.41) is 7.46. The van der Waals surface area contributed by atoms with Crippen molar-refractivity contribution in [2.24, 2.45) is 5.92 Å². The molecule has 0 heterocycles. The molecule has 23 heavy (non-hydrogen) atoms. The van der Waals surface area contributed by atoms with Crippen molar-refractivity contribution < 1.29 is 0 Å². The van der Waals surface area contributed by atoms with Crippen LogP contribution >= 0.6 is 12.2 Å². The van der Waals surface area contributed by atoms with E-state index in [4.69, 9.17) is 12.2 Å². The number of anilines is 1. The summed E-state index contributed by atoms with van der Waals surface area (Å²) in [6, 6.07) is 17.1. The Morgan fingerprint density at radius 1 is 1.00 bits per heavy atom. The number of benzene rings is 2. The molecule has 0 saturated carbocycles. The van der Waals surface area contributed by atoms with E-state index >= 15 is 0 Å². The molecular formula is C20H26N2S. The fourth-order valence-electron chi connectivity index (χ4n) is 2.81. The molecule has 0 saturated heterocycles. The lowest BCUT2D eigenvalue weighted by Gasteiger charge is -2.23. The molecule has 2 aromatic rings. The number of aryl methyl sites for hydroxylation is 2. The number of rotatable bonds is 5. The Morgan fingerprint density at radius 3 is 2.17 bits per heavy atom. The van der Waals surface area contributed by atoms with E-state index in [1.54, 1.807) is 0 Å². The first-order chi connectivity index (χ1) is 10.9. The van der Waals surface area contributed by atoms with E-state index in [2.05, 4.69) is 80.8 Å². The number of hydrogen-bond acceptors (Lipinski definition) is 1. The predicted molar refractivity (Wildman–Crippen MR) is 104 cm³/mol. The second-order valence-corrected chi connectivity index (χ2v) is 6.98. The van der Waals surface area contributed by atoms with E-state index in [1.165, 1.54) is 16.7 Å². The van der Waals surface area contributed by atoms with Crippen molar-refractivity contribution >= 4 is 23.0 Å². The molecule has 1 atom stereocenters. The highest BCUT2D eigenvalue weighted by Crippen LogP contribution is 2.21. The molecule has 0 radical (unpaired) electrons. The minimum atomic E-state index is 0.224. The van der Waals surface area contributed by atoms with Crippen LogP contribution in [0.3, 0.4) is 0 Å². The van der Waals surface area contributed by atoms with Gasteiger partial charge in [0.25, 0.3) is 0 Å². The standard InChI is InChI=1S/C20H26N2S/c1-14(2)10-19(17-8-6-5-7-9-17)22-20(23)21-18-12-15(3)11-16(4)13-18/h5-9,11-14,19H,10H2,1-4H3,(H2,21,22,23)/t19-/m0/s1. The number of nitrogens with one attached hydrogen (secondary N) is 2. The van der Waals surface area contributed by atoms with Gasteiger partial charge in [-0.25, -0.2) is 0 Å². The summed E-state index contributed by atoms with van der Waals surface area (Å²) >= 11 is 5.53. The van der Waals surface area contributed by atoms with Gasteiger partial charge >= 0.3 is 0 Å². The molecule has 0 unspecified atom stereocenters. The normalized spacial score (nSPS) is 12.0. The van der Waals surface area contributed by atoms with Crippen molar-refractivity contribution in [1.82, 2.24) is 5.32 Å². The van der Waals surface area contributed by atoms with Crippen LogP contribution < -0.4 is 10.6 Å². The highest BCUT2D eigenvalue weighted by Gasteiger charge is 2.14. The van der Waals surface area contributed by atoms with Crippen LogP contribution in [-0.2, 0) is 0 Å². The minimum Gasteiger partial charge on any atom is -0.356 e. The van der Waals surface area contributed by atoms with Crippen LogP contribution in [0.1, 0.15) is 43.0 Å². The van der Waals surface area contributed by atoms with Gasteiger partial charge < -0.3 is 10.6 Å². The lowest BCUT2D eigenvalue weighted by molar-refractivity contribution is 0.481. The third-order valence-corrected chi connectivity index (χ3v) is 3.91. The molecule has 0 aromatic heterocycles. The van der Waals surface area contributed by atoms with Gasteiger partial charge in [-0.15, -0.1) is 0 Å². The number of hydrogen-bond donors (Lipinski definition) is 2. The predicted octanol–water partition coefficient (Wildman–Crippen LogP) is 5.38. The molecule has 3 heteroatoms. The summed E-state index contributed by atoms with van der Waals surface area (Å²) in [4.78, 5) is 0. The van der Waals surface area contributed by atoms with Crippen LogP contribution in [0.25, 0.3) is 0 Å². The van der Waals surface area contributed by atoms with Gasteiger partial charge in [0, 0.05) is 5.69 Å². The van der Waals surface area contributed by atoms with Crippen molar-refractivity contribution in [2.45, 2.75) is 40.2 Å². The van der Waals surface area contributed by atoms with Crippen LogP contribution in [0.15, 0.2) is 48.5 Å². The van der Waals surface area contributed by atoms with Crippen molar-refractivity contribution in [3.63, 3.8) is 0 Å². The molecular weight excluding hydrogens is 300 g/mol. The third-order valence-electron chi connectivity index (χ3n) is 3.69. The summed E-state index contributed by atoms with van der Waals surface area (Å²) in [5.74, 6) is 0.594. The summed E-state index contributed by atoms with van der Waals surface area (Å²) in [7, 11) is 0. The molecule has 0 amide bonds. The molecule has 2 N–H and O–H groups in total. The quantitative estimate of drug-likeness (QED) is 0.722. The maximum atomic E-state index is 5.53. The SMILES string of the molecule is Cc1cc(C)cc(NC(=S)N[C@@H](CC(C)C)c2ccccc2)c1. The van der Waals surface area contributed by atoms with E-state index in [9.17, 15) is 0 Å². The Hall–Kier alpha value is -1.87. The average molecular weight is 327 g/mol. The fourth-order valence-corrected chi connectivity index (χ4v) is 3.07. The van der Waals surface area contributed by atoms with Gasteiger partial charge in [0.05, 0.1) is 6.04 Å². The summed E-state index contributed by atoms with van der Waals surface area (Å²) in [6.07, 6.45) is 1.04. The first kappa shape index (κ1) is 17.5. The Bertz CT molecular complexity index is 630. The fraction of sp³-hybridized carbons (Fsp3) is 0.350. The lowest BCUT2D eigenvalue weighted by Crippen LogP contribution is -2.33. The first-order valence-corrected chi connectivity index (χ1v) is 8.55. The van der Waals surface area contributed by atoms with Crippen LogP contribution in [0.5, 0.6) is 0 Å². The third kappa shape index (κ3) is 5.68. The van der Waals surface area contributed by atoms with Gasteiger partial charge in [-0.1, -0.05) is 50.2 Å². The van der Waals surface area contributed by atoms with Gasteiger partial charge in [0.2, 0.25) is 0 Å². The smallest absolute Gasteiger partial charge is 0.171 e. The summed E-state index contributed by atoms with van der Waals surface area (Å²) in [6.45, 7) is 8.66. The molecule has 2 nitrogen and oxygen atoms in total. The molecule has 0 spiro atoms. The van der Waals surface area contributed by atoms with Crippen LogP contribution in [0, 0.1) is 19.8 Å². The Kier molecular flexibility index (Phi) is 6.17. The lowest BCUT2D eigenvalue weighted by atomic mass is 9.97. The van der Waals surface area contributed by atoms with E-state index in [1.807, 2.05) is 6.07 Å². The Labute approximate surface area is 145 Å². The molecule has 0 fully saturated rings. The van der Waals surface area contributed by atoms with Crippen LogP contribution in [0.4, 0.5) is 5.69 Å². The van der Waals surface area contributed by atoms with Crippen molar-refractivity contribution in [3.8, 4) is 0 Å². The zero-order chi connectivity index (χ0) is 16.8. The van der Waals surface area contributed by atoms with E-state index in [0.29, 0.717) is 11.0 Å². The monoisotopic (exact) mass is 326 g/mol. The van der Waals surface area contributed by atoms with Crippen molar-refractivity contribution in [3.05, 3.63) is 65.2 Å². The molecule has 0 aliphatic rings. The maximum Gasteiger partial charge on any atom is 0.171 e. The maximum absolute atomic E-state index is 5.53. The zero-order valence-corrected chi connectivity index (χ0v) is 15.2. The topological polar surface area (TPSA) is 24.1 Å². The molecule has 122 valence electrons. The zero-order valence-electron chi connectivity index (χ0n) is 14.4. The van der Waals surface area contributed by atoms with Crippen LogP contribution in [-0.4, -0.2) is 5.11 Å². The van der Waals surface area contributed by atoms with E-state index in [-0.39, 0.29) is 6.04 Å². The van der Waals surface area contributed by atoms with E-state index in [0.717, 1.165) is 12.1 Å². The summed E-state index contributed by atoms with van der Waals surface area (Å²) in [5.41, 5.74) is 4.77. The van der Waals surface area contributed by atoms with E-state index < -0.39 is 0 Å². The van der Waals surface area contributed by atoms with Gasteiger partial charge in [0.15, 0.2) is 5.11 Å². The molecule has 2 aromatic carbocycles. The first-order valence-electron chi connectivity index (χ1n) is 8.15. The van der Waals surface area contributed by atoms with Crippen LogP contribution in [0.2, 0.25) is 0 Å². The minimum absolute atomic E-state index is 0.224. The van der Waals surface area contributed by atoms with Crippen molar-refractivity contribution in [2.75, 3.05) is 5.32 Å². The number of thiocarbonyl (C=S) groups is 1. The highest BCUT2D eigenvalue weighted by atomic mass is 32.1. The average Bonchev–Trinajstić information content (AvgIpc) is 2.45. The molecule has 0 bridgehead atoms. The molecule has 0 aliphatic heterocycles. The largest absolute Gasteiger partial charge is 0.356 e. The summed E-state index contributed by atoms with van der Waals surface area (Å²) < 4.78 is 0. The second kappa shape index (κ2) is 8.11. The van der Waals surface area contributed by atoms with Gasteiger partial charge in [-0.3, -0.25) is 0 Å². The second-order valence-electron chi connectivity index (χ2n) is 6.57. The van der Waals surface area contributed by atoms with Gasteiger partial charge in [0.1, 0.15) is 0 Å². The Morgan fingerprint density at radius 2 is 1.61 bits per heavy atom. The van der Waals surface area contributed by atoms with Gasteiger partial charge in [-0.2, -0.15) is 0 Å².